The lowest BCUT2D eigenvalue weighted by atomic mass is 9.98. The predicted octanol–water partition coefficient (Wildman–Crippen LogP) is 2.79. The Morgan fingerprint density at radius 3 is 2.17 bits per heavy atom. The van der Waals surface area contributed by atoms with E-state index in [1.165, 1.54) is 21.3 Å². The maximum absolute atomic E-state index is 13.2. The highest BCUT2D eigenvalue weighted by molar-refractivity contribution is 5.43. The van der Waals surface area contributed by atoms with Crippen LogP contribution in [0.15, 0.2) is 18.2 Å². The largest absolute Gasteiger partial charge is 0.493 e. The highest BCUT2D eigenvalue weighted by atomic mass is 19.4. The van der Waals surface area contributed by atoms with E-state index in [1.54, 1.807) is 18.2 Å². The average molecular weight is 349 g/mol. The molecule has 24 heavy (non-hydrogen) atoms. The Hall–Kier alpha value is -1.51. The van der Waals surface area contributed by atoms with E-state index in [0.29, 0.717) is 17.1 Å². The summed E-state index contributed by atoms with van der Waals surface area (Å²) >= 11 is 0. The lowest BCUT2D eigenvalue weighted by molar-refractivity contribution is -0.161. The number of alkyl halides is 3. The van der Waals surface area contributed by atoms with Crippen molar-refractivity contribution in [3.63, 3.8) is 0 Å². The fourth-order valence-corrected chi connectivity index (χ4v) is 2.46. The first kappa shape index (κ1) is 20.5. The number of benzene rings is 1. The zero-order valence-electron chi connectivity index (χ0n) is 14.6. The van der Waals surface area contributed by atoms with Crippen LogP contribution in [0.1, 0.15) is 31.9 Å². The van der Waals surface area contributed by atoms with Gasteiger partial charge in [0.2, 0.25) is 0 Å². The van der Waals surface area contributed by atoms with Crippen molar-refractivity contribution in [3.05, 3.63) is 23.8 Å². The highest BCUT2D eigenvalue weighted by Crippen LogP contribution is 2.33. The number of hydrogen-bond donors (Lipinski definition) is 3. The van der Waals surface area contributed by atoms with Gasteiger partial charge in [0, 0.05) is 12.1 Å². The van der Waals surface area contributed by atoms with Crippen molar-refractivity contribution in [1.82, 2.24) is 16.2 Å². The van der Waals surface area contributed by atoms with Crippen molar-refractivity contribution in [1.29, 1.82) is 0 Å². The van der Waals surface area contributed by atoms with Crippen LogP contribution < -0.4 is 25.6 Å². The normalized spacial score (nSPS) is 14.5. The molecule has 0 spiro atoms. The summed E-state index contributed by atoms with van der Waals surface area (Å²) in [7, 11) is 4.42. The second kappa shape index (κ2) is 9.10. The third-order valence-electron chi connectivity index (χ3n) is 3.53. The molecular weight excluding hydrogens is 323 g/mol. The Bertz CT molecular complexity index is 510. The van der Waals surface area contributed by atoms with Crippen molar-refractivity contribution >= 4 is 0 Å². The van der Waals surface area contributed by atoms with Crippen LogP contribution in [0.4, 0.5) is 13.2 Å². The molecule has 0 aliphatic heterocycles. The van der Waals surface area contributed by atoms with Crippen molar-refractivity contribution in [2.24, 2.45) is 0 Å². The number of nitrogens with one attached hydrogen (secondary N) is 3. The van der Waals surface area contributed by atoms with Gasteiger partial charge in [-0.3, -0.25) is 5.43 Å². The van der Waals surface area contributed by atoms with Crippen LogP contribution in [-0.2, 0) is 0 Å². The molecule has 0 bridgehead atoms. The Balaban J connectivity index is 3.12. The van der Waals surface area contributed by atoms with E-state index in [0.717, 1.165) is 0 Å². The van der Waals surface area contributed by atoms with Gasteiger partial charge < -0.3 is 14.8 Å². The summed E-state index contributed by atoms with van der Waals surface area (Å²) in [6.45, 7) is 3.78. The summed E-state index contributed by atoms with van der Waals surface area (Å²) in [6.07, 6.45) is -4.53. The third kappa shape index (κ3) is 5.85. The van der Waals surface area contributed by atoms with Gasteiger partial charge in [0.05, 0.1) is 14.2 Å². The Labute approximate surface area is 140 Å². The average Bonchev–Trinajstić information content (AvgIpc) is 2.51. The van der Waals surface area contributed by atoms with E-state index in [4.69, 9.17) is 9.47 Å². The lowest BCUT2D eigenvalue weighted by Crippen LogP contribution is -2.50. The molecule has 0 amide bonds. The lowest BCUT2D eigenvalue weighted by Gasteiger charge is -2.28. The summed E-state index contributed by atoms with van der Waals surface area (Å²) in [5.74, 6) is 1.01. The van der Waals surface area contributed by atoms with Gasteiger partial charge in [-0.25, -0.2) is 5.43 Å². The van der Waals surface area contributed by atoms with Crippen LogP contribution in [0.25, 0.3) is 0 Å². The first-order chi connectivity index (χ1) is 11.2. The maximum atomic E-state index is 13.2. The second-order valence-corrected chi connectivity index (χ2v) is 5.71. The molecule has 0 saturated heterocycles. The molecule has 0 aliphatic rings. The zero-order valence-corrected chi connectivity index (χ0v) is 14.6. The third-order valence-corrected chi connectivity index (χ3v) is 3.53. The van der Waals surface area contributed by atoms with Gasteiger partial charge >= 0.3 is 6.18 Å². The van der Waals surface area contributed by atoms with Crippen molar-refractivity contribution in [3.8, 4) is 11.5 Å². The molecule has 3 N–H and O–H groups in total. The topological polar surface area (TPSA) is 54.5 Å². The van der Waals surface area contributed by atoms with Crippen LogP contribution in [0, 0.1) is 0 Å². The van der Waals surface area contributed by atoms with Gasteiger partial charge in [0.15, 0.2) is 11.5 Å². The first-order valence-corrected chi connectivity index (χ1v) is 7.69. The van der Waals surface area contributed by atoms with Crippen LogP contribution in [0.2, 0.25) is 0 Å². The number of rotatable bonds is 9. The molecule has 138 valence electrons. The monoisotopic (exact) mass is 349 g/mol. The van der Waals surface area contributed by atoms with Gasteiger partial charge in [-0.2, -0.15) is 13.2 Å². The fraction of sp³-hybridized carbons (Fsp3) is 0.625. The minimum absolute atomic E-state index is 0.0200. The Morgan fingerprint density at radius 2 is 1.71 bits per heavy atom. The van der Waals surface area contributed by atoms with Crippen molar-refractivity contribution in [2.45, 2.75) is 44.6 Å². The molecule has 0 aliphatic carbocycles. The summed E-state index contributed by atoms with van der Waals surface area (Å²) < 4.78 is 50.1. The highest BCUT2D eigenvalue weighted by Gasteiger charge is 2.41. The molecule has 0 aromatic heterocycles. The van der Waals surface area contributed by atoms with E-state index < -0.39 is 18.3 Å². The number of hydrogen-bond acceptors (Lipinski definition) is 5. The second-order valence-electron chi connectivity index (χ2n) is 5.71. The quantitative estimate of drug-likeness (QED) is 0.599. The van der Waals surface area contributed by atoms with Gasteiger partial charge in [0.25, 0.3) is 0 Å². The fourth-order valence-electron chi connectivity index (χ4n) is 2.46. The van der Waals surface area contributed by atoms with Crippen LogP contribution in [-0.4, -0.2) is 39.5 Å². The zero-order chi connectivity index (χ0) is 18.3. The predicted molar refractivity (Wildman–Crippen MR) is 87.2 cm³/mol. The van der Waals surface area contributed by atoms with E-state index in [-0.39, 0.29) is 12.5 Å². The number of hydrazine groups is 1. The molecule has 1 aromatic rings. The van der Waals surface area contributed by atoms with Crippen LogP contribution in [0.3, 0.4) is 0 Å². The molecule has 2 unspecified atom stereocenters. The minimum Gasteiger partial charge on any atom is -0.493 e. The molecule has 0 saturated carbocycles. The summed E-state index contributed by atoms with van der Waals surface area (Å²) in [5, 5.41) is 3.18. The SMILES string of the molecule is CNNC(CC(NC(C)C)c1ccc(OC)c(OC)c1)C(F)(F)F. The van der Waals surface area contributed by atoms with E-state index in [9.17, 15) is 13.2 Å². The van der Waals surface area contributed by atoms with E-state index in [1.807, 2.05) is 13.8 Å². The smallest absolute Gasteiger partial charge is 0.405 e. The number of methoxy groups -OCH3 is 2. The summed E-state index contributed by atoms with van der Waals surface area (Å²) in [6, 6.07) is 2.97. The number of halogens is 3. The molecular formula is C16H26F3N3O2. The van der Waals surface area contributed by atoms with Crippen molar-refractivity contribution in [2.75, 3.05) is 21.3 Å². The molecule has 1 aromatic carbocycles. The molecule has 0 heterocycles. The van der Waals surface area contributed by atoms with Gasteiger partial charge in [-0.15, -0.1) is 0 Å². The molecule has 8 heteroatoms. The van der Waals surface area contributed by atoms with Crippen LogP contribution in [0.5, 0.6) is 11.5 Å². The van der Waals surface area contributed by atoms with Gasteiger partial charge in [-0.1, -0.05) is 19.9 Å². The van der Waals surface area contributed by atoms with E-state index in [2.05, 4.69) is 16.2 Å². The van der Waals surface area contributed by atoms with E-state index >= 15 is 0 Å². The van der Waals surface area contributed by atoms with Gasteiger partial charge in [-0.05, 0) is 31.2 Å². The maximum Gasteiger partial charge on any atom is 0.405 e. The standard InChI is InChI=1S/C16H26F3N3O2/c1-10(2)21-12(9-15(22-20-3)16(17,18)19)11-6-7-13(23-4)14(8-11)24-5/h6-8,10,12,15,20-22H,9H2,1-5H3. The molecule has 2 atom stereocenters. The summed E-state index contributed by atoms with van der Waals surface area (Å²) in [4.78, 5) is 0. The van der Waals surface area contributed by atoms with Crippen LogP contribution >= 0.6 is 0 Å². The number of ether oxygens (including phenoxy) is 2. The Kier molecular flexibility index (Phi) is 7.78. The van der Waals surface area contributed by atoms with Gasteiger partial charge in [0.1, 0.15) is 6.04 Å². The molecule has 1 rings (SSSR count). The van der Waals surface area contributed by atoms with Crippen molar-refractivity contribution < 1.29 is 22.6 Å². The summed E-state index contributed by atoms with van der Waals surface area (Å²) in [5.41, 5.74) is 5.36. The first-order valence-electron chi connectivity index (χ1n) is 7.69. The minimum atomic E-state index is -4.36. The molecule has 5 nitrogen and oxygen atoms in total. The Morgan fingerprint density at radius 1 is 1.08 bits per heavy atom. The molecule has 0 radical (unpaired) electrons. The molecule has 0 fully saturated rings.